The predicted molar refractivity (Wildman–Crippen MR) is 97.9 cm³/mol. The Morgan fingerprint density at radius 3 is 2.33 bits per heavy atom. The van der Waals surface area contributed by atoms with Crippen LogP contribution in [0.5, 0.6) is 17.2 Å². The largest absolute Gasteiger partial charge is 0.497 e. The molecule has 0 atom stereocenters. The fourth-order valence-electron chi connectivity index (χ4n) is 2.68. The van der Waals surface area contributed by atoms with E-state index in [1.165, 1.54) is 0 Å². The van der Waals surface area contributed by atoms with Gasteiger partial charge < -0.3 is 14.2 Å². The molecule has 0 unspecified atom stereocenters. The molecule has 3 rings (SSSR count). The van der Waals surface area contributed by atoms with Crippen molar-refractivity contribution < 1.29 is 14.2 Å². The highest BCUT2D eigenvalue weighted by atomic mass is 35.5. The molecular formula is C19H20ClNO3. The summed E-state index contributed by atoms with van der Waals surface area (Å²) < 4.78 is 16.1. The van der Waals surface area contributed by atoms with E-state index in [1.54, 1.807) is 21.3 Å². The molecule has 126 valence electrons. The summed E-state index contributed by atoms with van der Waals surface area (Å²) in [5, 5.41) is 2.14. The Balaban J connectivity index is 0.00000208. The summed E-state index contributed by atoms with van der Waals surface area (Å²) in [6.45, 7) is 0. The number of ether oxygens (including phenoxy) is 3. The van der Waals surface area contributed by atoms with Crippen molar-refractivity contribution in [2.24, 2.45) is 0 Å². The Kier molecular flexibility index (Phi) is 5.88. The molecule has 0 aliphatic heterocycles. The van der Waals surface area contributed by atoms with E-state index >= 15 is 0 Å². The highest BCUT2D eigenvalue weighted by Crippen LogP contribution is 2.33. The lowest BCUT2D eigenvalue weighted by Gasteiger charge is -2.12. The summed E-state index contributed by atoms with van der Waals surface area (Å²) in [6, 6.07) is 14.0. The molecule has 0 aliphatic carbocycles. The van der Waals surface area contributed by atoms with Crippen molar-refractivity contribution in [2.45, 2.75) is 6.42 Å². The zero-order valence-corrected chi connectivity index (χ0v) is 14.7. The van der Waals surface area contributed by atoms with Crippen molar-refractivity contribution in [2.75, 3.05) is 21.3 Å². The lowest BCUT2D eigenvalue weighted by Crippen LogP contribution is -1.96. The van der Waals surface area contributed by atoms with Crippen LogP contribution in [0.1, 0.15) is 11.3 Å². The van der Waals surface area contributed by atoms with E-state index in [1.807, 2.05) is 42.6 Å². The van der Waals surface area contributed by atoms with Crippen molar-refractivity contribution in [1.82, 2.24) is 4.98 Å². The van der Waals surface area contributed by atoms with E-state index in [4.69, 9.17) is 14.2 Å². The van der Waals surface area contributed by atoms with E-state index in [0.717, 1.165) is 39.9 Å². The van der Waals surface area contributed by atoms with E-state index < -0.39 is 0 Å². The van der Waals surface area contributed by atoms with Crippen molar-refractivity contribution in [1.29, 1.82) is 0 Å². The van der Waals surface area contributed by atoms with Gasteiger partial charge in [0.15, 0.2) is 11.5 Å². The maximum atomic E-state index is 5.41. The molecule has 4 nitrogen and oxygen atoms in total. The van der Waals surface area contributed by atoms with Gasteiger partial charge in [0.2, 0.25) is 0 Å². The summed E-state index contributed by atoms with van der Waals surface area (Å²) >= 11 is 0. The minimum atomic E-state index is 0. The van der Waals surface area contributed by atoms with Crippen molar-refractivity contribution in [3.63, 3.8) is 0 Å². The standard InChI is InChI=1S/C19H19NO3.ClH/c1-21-15-6-4-5-13(9-15)10-17-16-12-19(23-3)18(22-2)11-14(16)7-8-20-17;/h4-9,11-12H,10H2,1-3H3;1H. The summed E-state index contributed by atoms with van der Waals surface area (Å²) in [5.74, 6) is 2.28. The van der Waals surface area contributed by atoms with Crippen LogP contribution in [0.4, 0.5) is 0 Å². The first-order valence-corrected chi connectivity index (χ1v) is 7.37. The van der Waals surface area contributed by atoms with Crippen LogP contribution in [0.15, 0.2) is 48.7 Å². The average molecular weight is 346 g/mol. The van der Waals surface area contributed by atoms with Crippen LogP contribution < -0.4 is 14.2 Å². The fraction of sp³-hybridized carbons (Fsp3) is 0.211. The molecule has 0 radical (unpaired) electrons. The monoisotopic (exact) mass is 345 g/mol. The number of methoxy groups -OCH3 is 3. The minimum Gasteiger partial charge on any atom is -0.497 e. The van der Waals surface area contributed by atoms with E-state index in [-0.39, 0.29) is 12.4 Å². The zero-order chi connectivity index (χ0) is 16.2. The van der Waals surface area contributed by atoms with Crippen LogP contribution in [0, 0.1) is 0 Å². The Morgan fingerprint density at radius 2 is 1.62 bits per heavy atom. The molecule has 0 amide bonds. The van der Waals surface area contributed by atoms with Crippen molar-refractivity contribution in [3.8, 4) is 17.2 Å². The quantitative estimate of drug-likeness (QED) is 0.692. The van der Waals surface area contributed by atoms with Crippen LogP contribution in [0.2, 0.25) is 0 Å². The first kappa shape index (κ1) is 17.9. The number of hydrogen-bond donors (Lipinski definition) is 0. The van der Waals surface area contributed by atoms with Gasteiger partial charge in [0.1, 0.15) is 5.75 Å². The summed E-state index contributed by atoms with van der Waals surface area (Å²) in [5.41, 5.74) is 2.15. The first-order chi connectivity index (χ1) is 11.2. The molecule has 0 bridgehead atoms. The van der Waals surface area contributed by atoms with Crippen LogP contribution >= 0.6 is 12.4 Å². The molecule has 0 N–H and O–H groups in total. The number of benzene rings is 2. The molecule has 24 heavy (non-hydrogen) atoms. The van der Waals surface area contributed by atoms with Crippen LogP contribution in [-0.2, 0) is 6.42 Å². The number of rotatable bonds is 5. The molecule has 1 aromatic heterocycles. The third kappa shape index (κ3) is 3.54. The van der Waals surface area contributed by atoms with E-state index in [2.05, 4.69) is 11.1 Å². The number of pyridine rings is 1. The second-order valence-corrected chi connectivity index (χ2v) is 5.21. The molecule has 2 aromatic carbocycles. The molecule has 1 heterocycles. The predicted octanol–water partition coefficient (Wildman–Crippen LogP) is 4.27. The highest BCUT2D eigenvalue weighted by molar-refractivity contribution is 5.88. The highest BCUT2D eigenvalue weighted by Gasteiger charge is 2.10. The number of aromatic nitrogens is 1. The van der Waals surface area contributed by atoms with Crippen LogP contribution in [0.3, 0.4) is 0 Å². The number of fused-ring (bicyclic) bond motifs is 1. The van der Waals surface area contributed by atoms with Crippen LogP contribution in [-0.4, -0.2) is 26.3 Å². The van der Waals surface area contributed by atoms with Crippen LogP contribution in [0.25, 0.3) is 10.8 Å². The van der Waals surface area contributed by atoms with Gasteiger partial charge in [0.05, 0.1) is 27.0 Å². The first-order valence-electron chi connectivity index (χ1n) is 7.37. The fourth-order valence-corrected chi connectivity index (χ4v) is 2.68. The van der Waals surface area contributed by atoms with Gasteiger partial charge in [-0.3, -0.25) is 4.98 Å². The number of nitrogens with zero attached hydrogens (tertiary/aromatic N) is 1. The topological polar surface area (TPSA) is 40.6 Å². The number of hydrogen-bond acceptors (Lipinski definition) is 4. The van der Waals surface area contributed by atoms with Gasteiger partial charge in [-0.1, -0.05) is 12.1 Å². The summed E-state index contributed by atoms with van der Waals surface area (Å²) in [7, 11) is 4.95. The maximum absolute atomic E-state index is 5.41. The zero-order valence-electron chi connectivity index (χ0n) is 13.9. The Morgan fingerprint density at radius 1 is 0.875 bits per heavy atom. The molecule has 3 aromatic rings. The average Bonchev–Trinajstić information content (AvgIpc) is 2.61. The lowest BCUT2D eigenvalue weighted by molar-refractivity contribution is 0.356. The number of halogens is 1. The summed E-state index contributed by atoms with van der Waals surface area (Å²) in [4.78, 5) is 4.55. The molecule has 0 saturated heterocycles. The SMILES string of the molecule is COc1cccc(Cc2nccc3cc(OC)c(OC)cc23)c1.Cl. The molecule has 0 saturated carbocycles. The van der Waals surface area contributed by atoms with E-state index in [0.29, 0.717) is 5.75 Å². The van der Waals surface area contributed by atoms with Gasteiger partial charge in [-0.2, -0.15) is 0 Å². The van der Waals surface area contributed by atoms with Gasteiger partial charge >= 0.3 is 0 Å². The molecule has 5 heteroatoms. The summed E-state index contributed by atoms with van der Waals surface area (Å²) in [6.07, 6.45) is 2.55. The Hall–Kier alpha value is -2.46. The molecule has 0 spiro atoms. The molecular weight excluding hydrogens is 326 g/mol. The van der Waals surface area contributed by atoms with E-state index in [9.17, 15) is 0 Å². The minimum absolute atomic E-state index is 0. The van der Waals surface area contributed by atoms with Gasteiger partial charge in [0, 0.05) is 18.0 Å². The Labute approximate surface area is 147 Å². The van der Waals surface area contributed by atoms with Gasteiger partial charge in [-0.05, 0) is 41.3 Å². The van der Waals surface area contributed by atoms with Gasteiger partial charge in [0.25, 0.3) is 0 Å². The van der Waals surface area contributed by atoms with Crippen molar-refractivity contribution in [3.05, 3.63) is 59.9 Å². The van der Waals surface area contributed by atoms with Gasteiger partial charge in [-0.15, -0.1) is 12.4 Å². The molecule has 0 fully saturated rings. The Bertz CT molecular complexity index is 836. The second kappa shape index (κ2) is 7.88. The maximum Gasteiger partial charge on any atom is 0.161 e. The van der Waals surface area contributed by atoms with Crippen molar-refractivity contribution >= 4 is 23.2 Å². The lowest BCUT2D eigenvalue weighted by atomic mass is 10.0. The molecule has 0 aliphatic rings. The third-order valence-electron chi connectivity index (χ3n) is 3.86. The third-order valence-corrected chi connectivity index (χ3v) is 3.86. The smallest absolute Gasteiger partial charge is 0.161 e. The van der Waals surface area contributed by atoms with Gasteiger partial charge in [-0.25, -0.2) is 0 Å². The normalized spacial score (nSPS) is 10.1. The second-order valence-electron chi connectivity index (χ2n) is 5.21.